The van der Waals surface area contributed by atoms with Gasteiger partial charge in [0.25, 0.3) is 5.91 Å². The largest absolute Gasteiger partial charge is 0.366 e. The maximum Gasteiger partial charge on any atom is 0.251 e. The van der Waals surface area contributed by atoms with Crippen LogP contribution in [0.2, 0.25) is 0 Å². The number of aromatic nitrogens is 3. The van der Waals surface area contributed by atoms with Gasteiger partial charge < -0.3 is 10.7 Å². The van der Waals surface area contributed by atoms with Crippen LogP contribution >= 0.6 is 0 Å². The zero-order valence-corrected chi connectivity index (χ0v) is 6.03. The van der Waals surface area contributed by atoms with Gasteiger partial charge in [-0.2, -0.15) is 0 Å². The lowest BCUT2D eigenvalue weighted by atomic mass is 10.2. The number of fused-ring (bicyclic) bond motifs is 1. The molecule has 0 fully saturated rings. The van der Waals surface area contributed by atoms with E-state index in [1.807, 2.05) is 0 Å². The highest BCUT2D eigenvalue weighted by molar-refractivity contribution is 6.02. The molecule has 1 amide bonds. The van der Waals surface area contributed by atoms with E-state index < -0.39 is 5.91 Å². The average molecular weight is 161 g/mol. The molecule has 0 saturated heterocycles. The number of hydrogen-bond acceptors (Lipinski definition) is 3. The Morgan fingerprint density at radius 2 is 2.50 bits per heavy atom. The summed E-state index contributed by atoms with van der Waals surface area (Å²) in [4.78, 5) is 21.2. The van der Waals surface area contributed by atoms with E-state index in [0.717, 1.165) is 0 Å². The maximum absolute atomic E-state index is 10.8. The summed E-state index contributed by atoms with van der Waals surface area (Å²) in [6.07, 6.45) is 3.98. The number of nitrogens with zero attached hydrogens (tertiary/aromatic N) is 2. The molecule has 12 heavy (non-hydrogen) atoms. The molecule has 0 aliphatic carbocycles. The van der Waals surface area contributed by atoms with Crippen LogP contribution in [0.3, 0.4) is 0 Å². The first-order valence-corrected chi connectivity index (χ1v) is 3.29. The van der Waals surface area contributed by atoms with Crippen LogP contribution in [0, 0.1) is 6.33 Å². The number of nitrogens with one attached hydrogen (secondary N) is 1. The fourth-order valence-electron chi connectivity index (χ4n) is 0.994. The SMILES string of the molecule is NC(=O)c1ccnc2[nH][c]nc12. The number of H-pyrrole nitrogens is 1. The van der Waals surface area contributed by atoms with Gasteiger partial charge >= 0.3 is 0 Å². The molecule has 2 heterocycles. The highest BCUT2D eigenvalue weighted by Gasteiger charge is 2.08. The number of imidazole rings is 1. The summed E-state index contributed by atoms with van der Waals surface area (Å²) >= 11 is 0. The summed E-state index contributed by atoms with van der Waals surface area (Å²) in [7, 11) is 0. The molecule has 2 aromatic rings. The third-order valence-corrected chi connectivity index (χ3v) is 1.53. The van der Waals surface area contributed by atoms with E-state index in [2.05, 4.69) is 21.3 Å². The lowest BCUT2D eigenvalue weighted by molar-refractivity contribution is 0.100. The van der Waals surface area contributed by atoms with E-state index in [1.165, 1.54) is 12.3 Å². The van der Waals surface area contributed by atoms with Crippen molar-refractivity contribution in [1.82, 2.24) is 15.0 Å². The van der Waals surface area contributed by atoms with E-state index in [9.17, 15) is 4.79 Å². The molecule has 0 atom stereocenters. The van der Waals surface area contributed by atoms with Gasteiger partial charge in [-0.25, -0.2) is 9.97 Å². The van der Waals surface area contributed by atoms with Crippen LogP contribution in [0.1, 0.15) is 10.4 Å². The average Bonchev–Trinajstić information content (AvgIpc) is 2.49. The first kappa shape index (κ1) is 6.78. The van der Waals surface area contributed by atoms with Gasteiger partial charge in [0.05, 0.1) is 5.56 Å². The molecule has 0 spiro atoms. The molecule has 0 aliphatic rings. The van der Waals surface area contributed by atoms with Gasteiger partial charge in [-0.05, 0) is 6.07 Å². The quantitative estimate of drug-likeness (QED) is 0.610. The van der Waals surface area contributed by atoms with Crippen molar-refractivity contribution in [3.63, 3.8) is 0 Å². The summed E-state index contributed by atoms with van der Waals surface area (Å²) < 4.78 is 0. The van der Waals surface area contributed by atoms with Crippen molar-refractivity contribution in [3.05, 3.63) is 24.2 Å². The minimum atomic E-state index is -0.511. The number of aromatic amines is 1. The fraction of sp³-hybridized carbons (Fsp3) is 0. The second-order valence-corrected chi connectivity index (χ2v) is 2.27. The van der Waals surface area contributed by atoms with E-state index >= 15 is 0 Å². The van der Waals surface area contributed by atoms with Crippen molar-refractivity contribution in [2.45, 2.75) is 0 Å². The van der Waals surface area contributed by atoms with Gasteiger partial charge in [0, 0.05) is 6.20 Å². The summed E-state index contributed by atoms with van der Waals surface area (Å²) in [6.45, 7) is 0. The molecule has 0 bridgehead atoms. The first-order valence-electron chi connectivity index (χ1n) is 3.29. The van der Waals surface area contributed by atoms with Crippen molar-refractivity contribution in [2.75, 3.05) is 0 Å². The summed E-state index contributed by atoms with van der Waals surface area (Å²) in [5.74, 6) is -0.511. The van der Waals surface area contributed by atoms with Crippen LogP contribution < -0.4 is 5.73 Å². The Bertz CT molecular complexity index is 434. The van der Waals surface area contributed by atoms with Gasteiger partial charge in [0.15, 0.2) is 12.0 Å². The number of hydrogen-bond donors (Lipinski definition) is 2. The predicted octanol–water partition coefficient (Wildman–Crippen LogP) is -0.143. The van der Waals surface area contributed by atoms with E-state index in [0.29, 0.717) is 16.7 Å². The standard InChI is InChI=1S/C7H5N4O/c8-6(12)4-1-2-9-7-5(4)10-3-11-7/h1-2H,(H2,8,12)(H,9,10,11). The fourth-order valence-corrected chi connectivity index (χ4v) is 0.994. The van der Waals surface area contributed by atoms with Crippen LogP contribution in [0.15, 0.2) is 12.3 Å². The molecule has 0 unspecified atom stereocenters. The molecule has 5 nitrogen and oxygen atoms in total. The van der Waals surface area contributed by atoms with E-state index in [-0.39, 0.29) is 0 Å². The van der Waals surface area contributed by atoms with Gasteiger partial charge in [-0.3, -0.25) is 4.79 Å². The number of primary amides is 1. The minimum Gasteiger partial charge on any atom is -0.366 e. The third kappa shape index (κ3) is 0.833. The molecule has 0 saturated carbocycles. The monoisotopic (exact) mass is 161 g/mol. The smallest absolute Gasteiger partial charge is 0.251 e. The molecule has 0 aliphatic heterocycles. The van der Waals surface area contributed by atoms with Crippen molar-refractivity contribution in [2.24, 2.45) is 5.73 Å². The minimum absolute atomic E-state index is 0.359. The second-order valence-electron chi connectivity index (χ2n) is 2.27. The first-order chi connectivity index (χ1) is 5.79. The Balaban J connectivity index is 2.82. The summed E-state index contributed by atoms with van der Waals surface area (Å²) in [5, 5.41) is 0. The number of pyridine rings is 1. The van der Waals surface area contributed by atoms with Crippen molar-refractivity contribution in [3.8, 4) is 0 Å². The van der Waals surface area contributed by atoms with E-state index in [1.54, 1.807) is 0 Å². The maximum atomic E-state index is 10.8. The molecular formula is C7H5N4O. The highest BCUT2D eigenvalue weighted by Crippen LogP contribution is 2.10. The summed E-state index contributed by atoms with van der Waals surface area (Å²) in [6, 6.07) is 1.53. The van der Waals surface area contributed by atoms with Crippen LogP contribution in [0.4, 0.5) is 0 Å². The zero-order valence-electron chi connectivity index (χ0n) is 6.03. The van der Waals surface area contributed by atoms with Gasteiger partial charge in [-0.15, -0.1) is 0 Å². The van der Waals surface area contributed by atoms with Gasteiger partial charge in [0.1, 0.15) is 5.52 Å². The third-order valence-electron chi connectivity index (χ3n) is 1.53. The van der Waals surface area contributed by atoms with Crippen molar-refractivity contribution in [1.29, 1.82) is 0 Å². The Kier molecular flexibility index (Phi) is 1.30. The molecule has 2 aromatic heterocycles. The van der Waals surface area contributed by atoms with Crippen LogP contribution in [-0.2, 0) is 0 Å². The number of nitrogens with two attached hydrogens (primary N) is 1. The lowest BCUT2D eigenvalue weighted by Crippen LogP contribution is -2.11. The van der Waals surface area contributed by atoms with Crippen LogP contribution in [0.5, 0.6) is 0 Å². The number of carbonyl (C=O) groups is 1. The lowest BCUT2D eigenvalue weighted by Gasteiger charge is -1.93. The number of carbonyl (C=O) groups excluding carboxylic acids is 1. The van der Waals surface area contributed by atoms with Crippen LogP contribution in [-0.4, -0.2) is 20.9 Å². The van der Waals surface area contributed by atoms with Crippen molar-refractivity contribution >= 4 is 17.1 Å². The normalized spacial score (nSPS) is 10.3. The molecule has 2 rings (SSSR count). The van der Waals surface area contributed by atoms with Crippen LogP contribution in [0.25, 0.3) is 11.2 Å². The molecule has 1 radical (unpaired) electrons. The molecule has 59 valence electrons. The molecule has 3 N–H and O–H groups in total. The Morgan fingerprint density at radius 3 is 3.25 bits per heavy atom. The van der Waals surface area contributed by atoms with Crippen molar-refractivity contribution < 1.29 is 4.79 Å². The molecular weight excluding hydrogens is 156 g/mol. The molecule has 5 heteroatoms. The summed E-state index contributed by atoms with van der Waals surface area (Å²) in [5.41, 5.74) is 6.45. The Morgan fingerprint density at radius 1 is 1.67 bits per heavy atom. The zero-order chi connectivity index (χ0) is 8.55. The number of amides is 1. The second kappa shape index (κ2) is 2.30. The predicted molar refractivity (Wildman–Crippen MR) is 41.2 cm³/mol. The number of rotatable bonds is 1. The highest BCUT2D eigenvalue weighted by atomic mass is 16.1. The molecule has 0 aromatic carbocycles. The topological polar surface area (TPSA) is 84.7 Å². The Hall–Kier alpha value is -1.91. The Labute approximate surface area is 67.6 Å². The van der Waals surface area contributed by atoms with E-state index in [4.69, 9.17) is 5.73 Å². The van der Waals surface area contributed by atoms with Gasteiger partial charge in [0.2, 0.25) is 0 Å². The van der Waals surface area contributed by atoms with Gasteiger partial charge in [-0.1, -0.05) is 0 Å².